The molecule has 0 amide bonds. The van der Waals surface area contributed by atoms with Gasteiger partial charge in [-0.3, -0.25) is 4.90 Å². The van der Waals surface area contributed by atoms with Crippen molar-refractivity contribution in [3.63, 3.8) is 0 Å². The second kappa shape index (κ2) is 13.1. The number of nitrogens with zero attached hydrogens (tertiary/aromatic N) is 1. The molecule has 0 heterocycles. The lowest BCUT2D eigenvalue weighted by Gasteiger charge is -2.26. The second-order valence-electron chi connectivity index (χ2n) is 5.14. The molecule has 0 spiro atoms. The average Bonchev–Trinajstić information content (AvgIpc) is 2.52. The molecule has 4 atom stereocenters. The van der Waals surface area contributed by atoms with Crippen molar-refractivity contribution in [1.29, 1.82) is 0 Å². The van der Waals surface area contributed by atoms with Gasteiger partial charge < -0.3 is 41.1 Å². The Hall–Kier alpha value is -0.360. The SMILES string of the molecule is OCCN(CCO)CCCNC[C@H](O)[C@@H](O)[C@H](O)[C@H](O)CO. The van der Waals surface area contributed by atoms with E-state index >= 15 is 0 Å². The molecule has 0 aliphatic rings. The summed E-state index contributed by atoms with van der Waals surface area (Å²) in [6.07, 6.45) is -5.25. The molecule has 22 heavy (non-hydrogen) atoms. The van der Waals surface area contributed by atoms with Gasteiger partial charge in [-0.25, -0.2) is 0 Å². The molecule has 0 aliphatic carbocycles. The topological polar surface area (TPSA) is 157 Å². The van der Waals surface area contributed by atoms with Gasteiger partial charge in [-0.15, -0.1) is 0 Å². The third-order valence-corrected chi connectivity index (χ3v) is 3.34. The number of hydrogen-bond acceptors (Lipinski definition) is 9. The van der Waals surface area contributed by atoms with Crippen molar-refractivity contribution in [1.82, 2.24) is 10.2 Å². The van der Waals surface area contributed by atoms with Gasteiger partial charge in [0.05, 0.1) is 25.9 Å². The summed E-state index contributed by atoms with van der Waals surface area (Å²) in [5.74, 6) is 0. The zero-order valence-corrected chi connectivity index (χ0v) is 12.8. The number of hydrogen-bond donors (Lipinski definition) is 8. The number of aliphatic hydroxyl groups excluding tert-OH is 7. The van der Waals surface area contributed by atoms with Gasteiger partial charge in [-0.05, 0) is 19.5 Å². The molecule has 0 aliphatic heterocycles. The molecule has 0 fully saturated rings. The van der Waals surface area contributed by atoms with Gasteiger partial charge in [0.15, 0.2) is 0 Å². The molecule has 0 unspecified atom stereocenters. The molecule has 8 N–H and O–H groups in total. The maximum Gasteiger partial charge on any atom is 0.111 e. The van der Waals surface area contributed by atoms with E-state index in [4.69, 9.17) is 15.3 Å². The molecule has 0 rings (SSSR count). The molecule has 0 bridgehead atoms. The first-order valence-corrected chi connectivity index (χ1v) is 7.45. The van der Waals surface area contributed by atoms with Crippen LogP contribution < -0.4 is 5.32 Å². The van der Waals surface area contributed by atoms with E-state index in [0.717, 1.165) is 0 Å². The van der Waals surface area contributed by atoms with Gasteiger partial charge >= 0.3 is 0 Å². The maximum atomic E-state index is 9.67. The summed E-state index contributed by atoms with van der Waals surface area (Å²) in [6, 6.07) is 0. The van der Waals surface area contributed by atoms with Crippen LogP contribution in [0.25, 0.3) is 0 Å². The number of rotatable bonds is 14. The summed E-state index contributed by atoms with van der Waals surface area (Å²) in [7, 11) is 0. The van der Waals surface area contributed by atoms with Gasteiger partial charge in [0.2, 0.25) is 0 Å². The Morgan fingerprint density at radius 2 is 1.32 bits per heavy atom. The molecule has 0 saturated heterocycles. The molecule has 9 nitrogen and oxygen atoms in total. The lowest BCUT2D eigenvalue weighted by Crippen LogP contribution is -2.49. The second-order valence-corrected chi connectivity index (χ2v) is 5.14. The van der Waals surface area contributed by atoms with Crippen molar-refractivity contribution < 1.29 is 35.7 Å². The van der Waals surface area contributed by atoms with Gasteiger partial charge in [0.1, 0.15) is 18.3 Å². The van der Waals surface area contributed by atoms with Crippen LogP contribution in [0.2, 0.25) is 0 Å². The predicted molar refractivity (Wildman–Crippen MR) is 79.2 cm³/mol. The molecule has 0 aromatic rings. The third-order valence-electron chi connectivity index (χ3n) is 3.34. The van der Waals surface area contributed by atoms with E-state index in [1.54, 1.807) is 0 Å². The first-order valence-electron chi connectivity index (χ1n) is 7.45. The molecule has 0 radical (unpaired) electrons. The Kier molecular flexibility index (Phi) is 12.9. The summed E-state index contributed by atoms with van der Waals surface area (Å²) in [4.78, 5) is 1.90. The van der Waals surface area contributed by atoms with Crippen LogP contribution >= 0.6 is 0 Å². The quantitative estimate of drug-likeness (QED) is 0.148. The highest BCUT2D eigenvalue weighted by atomic mass is 16.4. The summed E-state index contributed by atoms with van der Waals surface area (Å²) in [6.45, 7) is 1.52. The van der Waals surface area contributed by atoms with E-state index in [2.05, 4.69) is 5.32 Å². The number of aliphatic hydroxyl groups is 7. The van der Waals surface area contributed by atoms with Crippen molar-refractivity contribution in [2.75, 3.05) is 52.5 Å². The van der Waals surface area contributed by atoms with Crippen molar-refractivity contribution in [2.24, 2.45) is 0 Å². The van der Waals surface area contributed by atoms with E-state index in [9.17, 15) is 20.4 Å². The Morgan fingerprint density at radius 1 is 0.773 bits per heavy atom. The molecule has 0 aromatic heterocycles. The Morgan fingerprint density at radius 3 is 1.82 bits per heavy atom. The van der Waals surface area contributed by atoms with Crippen molar-refractivity contribution >= 4 is 0 Å². The van der Waals surface area contributed by atoms with Crippen molar-refractivity contribution in [3.05, 3.63) is 0 Å². The summed E-state index contributed by atoms with van der Waals surface area (Å²) in [5.41, 5.74) is 0. The highest BCUT2D eigenvalue weighted by Crippen LogP contribution is 2.04. The lowest BCUT2D eigenvalue weighted by atomic mass is 10.0. The van der Waals surface area contributed by atoms with Crippen LogP contribution in [0.5, 0.6) is 0 Å². The van der Waals surface area contributed by atoms with E-state index in [-0.39, 0.29) is 19.8 Å². The zero-order valence-electron chi connectivity index (χ0n) is 12.8. The molecule has 0 saturated carbocycles. The normalized spacial score (nSPS) is 17.5. The van der Waals surface area contributed by atoms with Crippen LogP contribution in [-0.4, -0.2) is 118 Å². The molecule has 9 heteroatoms. The van der Waals surface area contributed by atoms with Crippen molar-refractivity contribution in [3.8, 4) is 0 Å². The summed E-state index contributed by atoms with van der Waals surface area (Å²) in [5, 5.41) is 67.2. The standard InChI is InChI=1S/C13H30N2O7/c16-6-4-15(5-7-17)3-1-2-14-8-10(19)12(21)13(22)11(20)9-18/h10-14,16-22H,1-9H2/t10-,11+,12+,13+/m0/s1. The minimum Gasteiger partial charge on any atom is -0.395 e. The summed E-state index contributed by atoms with van der Waals surface area (Å²) < 4.78 is 0. The lowest BCUT2D eigenvalue weighted by molar-refractivity contribution is -0.113. The minimum absolute atomic E-state index is 0.0173. The van der Waals surface area contributed by atoms with E-state index < -0.39 is 31.0 Å². The predicted octanol–water partition coefficient (Wildman–Crippen LogP) is -4.31. The van der Waals surface area contributed by atoms with E-state index in [0.29, 0.717) is 32.6 Å². The molecule has 134 valence electrons. The highest BCUT2D eigenvalue weighted by Gasteiger charge is 2.29. The van der Waals surface area contributed by atoms with Crippen LogP contribution in [0, 0.1) is 0 Å². The van der Waals surface area contributed by atoms with E-state index in [1.807, 2.05) is 4.90 Å². The monoisotopic (exact) mass is 326 g/mol. The summed E-state index contributed by atoms with van der Waals surface area (Å²) >= 11 is 0. The molecular weight excluding hydrogens is 296 g/mol. The fourth-order valence-electron chi connectivity index (χ4n) is 1.98. The van der Waals surface area contributed by atoms with Crippen LogP contribution in [-0.2, 0) is 0 Å². The Labute approximate surface area is 130 Å². The van der Waals surface area contributed by atoms with Crippen LogP contribution in [0.1, 0.15) is 6.42 Å². The smallest absolute Gasteiger partial charge is 0.111 e. The highest BCUT2D eigenvalue weighted by molar-refractivity contribution is 4.81. The zero-order chi connectivity index (χ0) is 17.0. The van der Waals surface area contributed by atoms with E-state index in [1.165, 1.54) is 0 Å². The fourth-order valence-corrected chi connectivity index (χ4v) is 1.98. The van der Waals surface area contributed by atoms with Gasteiger partial charge in [-0.1, -0.05) is 0 Å². The third kappa shape index (κ3) is 8.93. The molecular formula is C13H30N2O7. The minimum atomic E-state index is -1.62. The largest absolute Gasteiger partial charge is 0.395 e. The number of nitrogens with one attached hydrogen (secondary N) is 1. The Bertz CT molecular complexity index is 255. The molecule has 0 aromatic carbocycles. The maximum absolute atomic E-state index is 9.67. The first-order chi connectivity index (χ1) is 10.5. The van der Waals surface area contributed by atoms with Gasteiger partial charge in [0.25, 0.3) is 0 Å². The fraction of sp³-hybridized carbons (Fsp3) is 1.00. The van der Waals surface area contributed by atoms with Crippen LogP contribution in [0.4, 0.5) is 0 Å². The Balaban J connectivity index is 3.85. The first kappa shape index (κ1) is 21.6. The van der Waals surface area contributed by atoms with Crippen LogP contribution in [0.15, 0.2) is 0 Å². The van der Waals surface area contributed by atoms with Gasteiger partial charge in [0, 0.05) is 19.6 Å². The van der Waals surface area contributed by atoms with Crippen LogP contribution in [0.3, 0.4) is 0 Å². The average molecular weight is 326 g/mol. The van der Waals surface area contributed by atoms with Crippen molar-refractivity contribution in [2.45, 2.75) is 30.8 Å². The van der Waals surface area contributed by atoms with Gasteiger partial charge in [-0.2, -0.15) is 0 Å².